The van der Waals surface area contributed by atoms with Crippen molar-refractivity contribution >= 4 is 23.3 Å². The van der Waals surface area contributed by atoms with Gasteiger partial charge in [0.1, 0.15) is 0 Å². The van der Waals surface area contributed by atoms with Gasteiger partial charge in [-0.25, -0.2) is 10.2 Å². The van der Waals surface area contributed by atoms with Crippen LogP contribution in [0.2, 0.25) is 0 Å². The van der Waals surface area contributed by atoms with Crippen LogP contribution < -0.4 is 21.4 Å². The third-order valence-electron chi connectivity index (χ3n) is 4.07. The van der Waals surface area contributed by atoms with Gasteiger partial charge in [-0.05, 0) is 18.6 Å². The molecule has 3 rings (SSSR count). The van der Waals surface area contributed by atoms with Crippen LogP contribution in [0, 0.1) is 0 Å². The van der Waals surface area contributed by atoms with E-state index in [1.807, 2.05) is 6.92 Å². The van der Waals surface area contributed by atoms with Crippen LogP contribution in [0.1, 0.15) is 18.9 Å². The normalized spacial score (nSPS) is 11.4. The van der Waals surface area contributed by atoms with Gasteiger partial charge in [0.2, 0.25) is 5.95 Å². The average Bonchev–Trinajstić information content (AvgIpc) is 3.01. The second kappa shape index (κ2) is 7.36. The number of hydrogen-bond donors (Lipinski definition) is 3. The van der Waals surface area contributed by atoms with Gasteiger partial charge in [-0.15, -0.1) is 0 Å². The average molecular weight is 372 g/mol. The highest BCUT2D eigenvalue weighted by atomic mass is 16.5. The number of aryl methyl sites for hydroxylation is 2. The van der Waals surface area contributed by atoms with Gasteiger partial charge in [0.15, 0.2) is 22.7 Å². The molecule has 0 radical (unpaired) electrons. The highest BCUT2D eigenvalue weighted by Gasteiger charge is 2.16. The lowest BCUT2D eigenvalue weighted by atomic mass is 10.2. The number of phenols is 1. The summed E-state index contributed by atoms with van der Waals surface area (Å²) in [5.41, 5.74) is 2.74. The number of H-pyrrole nitrogens is 1. The highest BCUT2D eigenvalue weighted by molar-refractivity contribution is 5.85. The predicted octanol–water partition coefficient (Wildman–Crippen LogP) is 0.993. The van der Waals surface area contributed by atoms with Gasteiger partial charge < -0.3 is 14.4 Å². The van der Waals surface area contributed by atoms with E-state index in [-0.39, 0.29) is 11.4 Å². The number of benzene rings is 1. The number of phenolic OH excluding ortho intramolecular Hbond substituents is 1. The van der Waals surface area contributed by atoms with E-state index < -0.39 is 11.2 Å². The maximum absolute atomic E-state index is 12.2. The number of nitrogens with zero attached hydrogens (tertiary/aromatic N) is 4. The van der Waals surface area contributed by atoms with Gasteiger partial charge in [0.25, 0.3) is 5.56 Å². The first-order valence-electron chi connectivity index (χ1n) is 8.32. The van der Waals surface area contributed by atoms with E-state index in [1.54, 1.807) is 22.8 Å². The summed E-state index contributed by atoms with van der Waals surface area (Å²) in [6, 6.07) is 5.03. The lowest BCUT2D eigenvalue weighted by Crippen LogP contribution is -2.29. The number of aromatic hydroxyl groups is 1. The van der Waals surface area contributed by atoms with Crippen molar-refractivity contribution in [2.75, 3.05) is 12.5 Å². The molecule has 0 atom stereocenters. The zero-order valence-electron chi connectivity index (χ0n) is 15.2. The van der Waals surface area contributed by atoms with E-state index in [2.05, 4.69) is 20.5 Å². The van der Waals surface area contributed by atoms with Crippen molar-refractivity contribution in [2.24, 2.45) is 12.1 Å². The Hall–Kier alpha value is -3.56. The zero-order valence-corrected chi connectivity index (χ0v) is 15.2. The third kappa shape index (κ3) is 3.28. The van der Waals surface area contributed by atoms with Crippen molar-refractivity contribution in [1.82, 2.24) is 19.1 Å². The van der Waals surface area contributed by atoms with Crippen molar-refractivity contribution in [2.45, 2.75) is 19.9 Å². The van der Waals surface area contributed by atoms with Crippen molar-refractivity contribution < 1.29 is 9.84 Å². The number of methoxy groups -OCH3 is 1. The Morgan fingerprint density at radius 3 is 2.89 bits per heavy atom. The maximum atomic E-state index is 12.2. The first-order chi connectivity index (χ1) is 13.0. The molecule has 10 nitrogen and oxygen atoms in total. The van der Waals surface area contributed by atoms with Crippen molar-refractivity contribution in [3.8, 4) is 11.5 Å². The van der Waals surface area contributed by atoms with Crippen molar-refractivity contribution in [3.05, 3.63) is 44.6 Å². The zero-order chi connectivity index (χ0) is 19.6. The number of aromatic amines is 1. The Balaban J connectivity index is 2.01. The molecule has 0 saturated heterocycles. The van der Waals surface area contributed by atoms with Gasteiger partial charge >= 0.3 is 5.69 Å². The van der Waals surface area contributed by atoms with E-state index in [9.17, 15) is 14.7 Å². The summed E-state index contributed by atoms with van der Waals surface area (Å²) in [4.78, 5) is 30.6. The van der Waals surface area contributed by atoms with Crippen LogP contribution in [0.5, 0.6) is 11.5 Å². The molecule has 27 heavy (non-hydrogen) atoms. The Kier molecular flexibility index (Phi) is 4.97. The monoisotopic (exact) mass is 372 g/mol. The molecular formula is C17H20N6O4. The fourth-order valence-electron chi connectivity index (χ4n) is 2.73. The molecule has 3 aromatic rings. The summed E-state index contributed by atoms with van der Waals surface area (Å²) in [6.07, 6.45) is 2.17. The molecule has 0 spiro atoms. The van der Waals surface area contributed by atoms with E-state index in [0.29, 0.717) is 29.3 Å². The Bertz CT molecular complexity index is 1120. The topological polar surface area (TPSA) is 127 Å². The fraction of sp³-hybridized carbons (Fsp3) is 0.294. The molecule has 10 heteroatoms. The largest absolute Gasteiger partial charge is 0.504 e. The van der Waals surface area contributed by atoms with Crippen molar-refractivity contribution in [3.63, 3.8) is 0 Å². The van der Waals surface area contributed by atoms with Crippen LogP contribution in [-0.4, -0.2) is 37.5 Å². The number of aromatic nitrogens is 4. The van der Waals surface area contributed by atoms with Gasteiger partial charge in [0, 0.05) is 19.2 Å². The van der Waals surface area contributed by atoms with Gasteiger partial charge in [-0.3, -0.25) is 14.3 Å². The van der Waals surface area contributed by atoms with Crippen molar-refractivity contribution in [1.29, 1.82) is 0 Å². The number of fused-ring (bicyclic) bond motifs is 1. The summed E-state index contributed by atoms with van der Waals surface area (Å²) in [5.74, 6) is 0.613. The van der Waals surface area contributed by atoms with E-state index in [1.165, 1.54) is 24.9 Å². The number of hydrogen-bond acceptors (Lipinski definition) is 7. The molecule has 0 saturated carbocycles. The molecule has 2 heterocycles. The molecule has 2 aromatic heterocycles. The summed E-state index contributed by atoms with van der Waals surface area (Å²) >= 11 is 0. The minimum Gasteiger partial charge on any atom is -0.504 e. The SMILES string of the molecule is CCCn1c(N/N=C/c2cccc(OC)c2O)nc2c1c(=O)[nH]c(=O)n2C. The molecule has 0 fully saturated rings. The summed E-state index contributed by atoms with van der Waals surface area (Å²) in [5, 5.41) is 14.2. The molecule has 0 amide bonds. The molecule has 0 aliphatic heterocycles. The number of para-hydroxylation sites is 1. The van der Waals surface area contributed by atoms with Gasteiger partial charge in [0.05, 0.1) is 13.3 Å². The Labute approximate surface area is 153 Å². The van der Waals surface area contributed by atoms with Gasteiger partial charge in [-0.2, -0.15) is 10.1 Å². The quantitative estimate of drug-likeness (QED) is 0.438. The second-order valence-electron chi connectivity index (χ2n) is 5.85. The predicted molar refractivity (Wildman–Crippen MR) is 102 cm³/mol. The maximum Gasteiger partial charge on any atom is 0.329 e. The number of anilines is 1. The molecule has 0 aliphatic carbocycles. The van der Waals surface area contributed by atoms with E-state index >= 15 is 0 Å². The lowest BCUT2D eigenvalue weighted by Gasteiger charge is -2.07. The molecule has 0 bridgehead atoms. The first-order valence-corrected chi connectivity index (χ1v) is 8.32. The first kappa shape index (κ1) is 18.2. The molecular weight excluding hydrogens is 352 g/mol. The summed E-state index contributed by atoms with van der Waals surface area (Å²) in [6.45, 7) is 2.48. The van der Waals surface area contributed by atoms with Crippen LogP contribution in [0.25, 0.3) is 11.2 Å². The lowest BCUT2D eigenvalue weighted by molar-refractivity contribution is 0.373. The van der Waals surface area contributed by atoms with Crippen LogP contribution >= 0.6 is 0 Å². The number of rotatable bonds is 6. The van der Waals surface area contributed by atoms with Gasteiger partial charge in [-0.1, -0.05) is 13.0 Å². The third-order valence-corrected chi connectivity index (χ3v) is 4.07. The summed E-state index contributed by atoms with van der Waals surface area (Å²) in [7, 11) is 2.99. The number of nitrogens with one attached hydrogen (secondary N) is 2. The standard InChI is InChI=1S/C17H20N6O4/c1-4-8-23-12-14(22(2)17(26)20-15(12)25)19-16(23)21-18-9-10-6-5-7-11(27-3)13(10)24/h5-7,9,24H,4,8H2,1-3H3,(H,19,21)(H,20,25,26)/b18-9+. The Morgan fingerprint density at radius 1 is 1.41 bits per heavy atom. The smallest absolute Gasteiger partial charge is 0.329 e. The van der Waals surface area contributed by atoms with Crippen LogP contribution in [0.15, 0.2) is 32.9 Å². The van der Waals surface area contributed by atoms with E-state index in [0.717, 1.165) is 6.42 Å². The Morgan fingerprint density at radius 2 is 2.19 bits per heavy atom. The highest BCUT2D eigenvalue weighted by Crippen LogP contribution is 2.28. The number of ether oxygens (including phenoxy) is 1. The molecule has 0 unspecified atom stereocenters. The minimum atomic E-state index is -0.537. The minimum absolute atomic E-state index is 0.0357. The van der Waals surface area contributed by atoms with Crippen LogP contribution in [0.4, 0.5) is 5.95 Å². The number of hydrazone groups is 1. The molecule has 1 aromatic carbocycles. The van der Waals surface area contributed by atoms with Crippen LogP contribution in [-0.2, 0) is 13.6 Å². The van der Waals surface area contributed by atoms with E-state index in [4.69, 9.17) is 4.74 Å². The molecule has 142 valence electrons. The molecule has 0 aliphatic rings. The second-order valence-corrected chi connectivity index (χ2v) is 5.85. The number of imidazole rings is 1. The fourth-order valence-corrected chi connectivity index (χ4v) is 2.73. The molecule has 3 N–H and O–H groups in total. The summed E-state index contributed by atoms with van der Waals surface area (Å²) < 4.78 is 7.99. The van der Waals surface area contributed by atoms with Crippen LogP contribution in [0.3, 0.4) is 0 Å².